The normalized spacial score (nSPS) is 14.1. The predicted molar refractivity (Wildman–Crippen MR) is 194 cm³/mol. The van der Waals surface area contributed by atoms with Crippen LogP contribution in [0.3, 0.4) is 0 Å². The van der Waals surface area contributed by atoms with E-state index in [1.165, 1.54) is 5.56 Å². The van der Waals surface area contributed by atoms with Crippen molar-refractivity contribution in [3.8, 4) is 23.0 Å². The summed E-state index contributed by atoms with van der Waals surface area (Å²) in [4.78, 5) is 14.3. The number of ketones is 1. The molecule has 258 valence electrons. The van der Waals surface area contributed by atoms with Crippen LogP contribution in [0.5, 0.6) is 23.0 Å². The fourth-order valence-electron chi connectivity index (χ4n) is 5.74. The molecule has 0 saturated heterocycles. The van der Waals surface area contributed by atoms with Gasteiger partial charge < -0.3 is 18.9 Å². The van der Waals surface area contributed by atoms with Crippen LogP contribution in [0, 0.1) is 0 Å². The summed E-state index contributed by atoms with van der Waals surface area (Å²) in [6.45, 7) is 19.4. The molecule has 2 aromatic rings. The van der Waals surface area contributed by atoms with Crippen molar-refractivity contribution < 1.29 is 23.7 Å². The molecule has 0 aromatic heterocycles. The number of carbonyl (C=O) groups is 1. The Bertz CT molecular complexity index is 1190. The lowest BCUT2D eigenvalue weighted by Crippen LogP contribution is -2.21. The van der Waals surface area contributed by atoms with Gasteiger partial charge in [-0.15, -0.1) is 0 Å². The average molecular weight is 637 g/mol. The van der Waals surface area contributed by atoms with Gasteiger partial charge in [0.1, 0.15) is 11.5 Å². The molecule has 4 atom stereocenters. The summed E-state index contributed by atoms with van der Waals surface area (Å²) in [6, 6.07) is 10.1. The van der Waals surface area contributed by atoms with Crippen LogP contribution in [-0.2, 0) is 6.42 Å². The lowest BCUT2D eigenvalue weighted by Gasteiger charge is -2.26. The van der Waals surface area contributed by atoms with E-state index < -0.39 is 0 Å². The van der Waals surface area contributed by atoms with E-state index in [4.69, 9.17) is 18.9 Å². The van der Waals surface area contributed by atoms with Crippen LogP contribution in [0.2, 0.25) is 0 Å². The molecule has 5 nitrogen and oxygen atoms in total. The van der Waals surface area contributed by atoms with Crippen LogP contribution < -0.4 is 18.9 Å². The number of hydrogen-bond donors (Lipinski definition) is 0. The van der Waals surface area contributed by atoms with Crippen molar-refractivity contribution in [2.75, 3.05) is 0 Å². The van der Waals surface area contributed by atoms with E-state index in [9.17, 15) is 4.79 Å². The summed E-state index contributed by atoms with van der Waals surface area (Å²) in [5, 5.41) is 0. The molecule has 0 saturated carbocycles. The van der Waals surface area contributed by atoms with Crippen LogP contribution >= 0.6 is 0 Å². The van der Waals surface area contributed by atoms with Gasteiger partial charge in [-0.3, -0.25) is 4.79 Å². The first kappa shape index (κ1) is 39.2. The van der Waals surface area contributed by atoms with Gasteiger partial charge in [-0.1, -0.05) is 94.1 Å². The van der Waals surface area contributed by atoms with Gasteiger partial charge in [0, 0.05) is 11.6 Å². The van der Waals surface area contributed by atoms with E-state index in [2.05, 4.69) is 74.4 Å². The van der Waals surface area contributed by atoms with Crippen molar-refractivity contribution >= 4 is 11.9 Å². The SMILES string of the molecule is CCCC(CC)Oc1cc(OC(CC)CCC)c(OC(CC)CCC)c(C(=O)C=Cc2cc(CC)ccc2OC(CC)CCC)c1. The lowest BCUT2D eigenvalue weighted by atomic mass is 10.0. The Hall–Kier alpha value is -2.95. The molecule has 0 fully saturated rings. The van der Waals surface area contributed by atoms with Crippen molar-refractivity contribution in [1.82, 2.24) is 0 Å². The first-order valence-electron chi connectivity index (χ1n) is 18.5. The molecular weight excluding hydrogens is 572 g/mol. The molecule has 0 heterocycles. The zero-order valence-electron chi connectivity index (χ0n) is 30.6. The van der Waals surface area contributed by atoms with Crippen LogP contribution in [0.4, 0.5) is 0 Å². The topological polar surface area (TPSA) is 54.0 Å². The van der Waals surface area contributed by atoms with Gasteiger partial charge >= 0.3 is 0 Å². The number of hydrogen-bond acceptors (Lipinski definition) is 5. The predicted octanol–water partition coefficient (Wildman–Crippen LogP) is 12.0. The first-order valence-corrected chi connectivity index (χ1v) is 18.5. The molecule has 2 rings (SSSR count). The standard InChI is InChI=1S/C41H64O5/c1-10-19-32(15-6)43-36-28-37(41(46-35(18-9)22-13-4)40(29-36)45-34(17-8)21-12-3)38(42)25-24-31-27-30(14-5)23-26-39(31)44-33(16-7)20-11-2/h23-29,32-35H,10-22H2,1-9H3. The number of allylic oxidation sites excluding steroid dienone is 1. The van der Waals surface area contributed by atoms with Crippen molar-refractivity contribution in [3.05, 3.63) is 53.1 Å². The van der Waals surface area contributed by atoms with E-state index in [0.29, 0.717) is 22.8 Å². The lowest BCUT2D eigenvalue weighted by molar-refractivity contribution is 0.103. The van der Waals surface area contributed by atoms with Crippen molar-refractivity contribution in [3.63, 3.8) is 0 Å². The summed E-state index contributed by atoms with van der Waals surface area (Å²) in [7, 11) is 0. The van der Waals surface area contributed by atoms with Crippen LogP contribution in [0.25, 0.3) is 6.08 Å². The average Bonchev–Trinajstić information content (AvgIpc) is 3.07. The summed E-state index contributed by atoms with van der Waals surface area (Å²) >= 11 is 0. The molecule has 0 aliphatic carbocycles. The molecule has 46 heavy (non-hydrogen) atoms. The monoisotopic (exact) mass is 636 g/mol. The maximum absolute atomic E-state index is 14.3. The Morgan fingerprint density at radius 1 is 0.609 bits per heavy atom. The van der Waals surface area contributed by atoms with Crippen LogP contribution in [0.15, 0.2) is 36.4 Å². The van der Waals surface area contributed by atoms with Gasteiger partial charge in [0.25, 0.3) is 0 Å². The highest BCUT2D eigenvalue weighted by Gasteiger charge is 2.24. The van der Waals surface area contributed by atoms with Crippen LogP contribution in [0.1, 0.15) is 161 Å². The molecule has 4 unspecified atom stereocenters. The summed E-state index contributed by atoms with van der Waals surface area (Å²) in [6.07, 6.45) is 16.1. The first-order chi connectivity index (χ1) is 22.3. The highest BCUT2D eigenvalue weighted by molar-refractivity contribution is 6.09. The molecular formula is C41H64O5. The van der Waals surface area contributed by atoms with E-state index in [1.807, 2.05) is 24.3 Å². The number of ether oxygens (including phenoxy) is 4. The van der Waals surface area contributed by atoms with E-state index in [1.54, 1.807) is 6.08 Å². The maximum atomic E-state index is 14.3. The smallest absolute Gasteiger partial charge is 0.189 e. The Morgan fingerprint density at radius 2 is 1.11 bits per heavy atom. The maximum Gasteiger partial charge on any atom is 0.189 e. The zero-order chi connectivity index (χ0) is 33.9. The largest absolute Gasteiger partial charge is 0.490 e. The number of aryl methyl sites for hydroxylation is 1. The quantitative estimate of drug-likeness (QED) is 0.0847. The third-order valence-corrected chi connectivity index (χ3v) is 8.63. The second kappa shape index (κ2) is 21.8. The van der Waals surface area contributed by atoms with E-state index in [0.717, 1.165) is 94.8 Å². The molecule has 0 radical (unpaired) electrons. The summed E-state index contributed by atoms with van der Waals surface area (Å²) < 4.78 is 26.3. The van der Waals surface area contributed by atoms with E-state index >= 15 is 0 Å². The number of benzene rings is 2. The van der Waals surface area contributed by atoms with Crippen LogP contribution in [-0.4, -0.2) is 30.2 Å². The molecule has 0 aliphatic rings. The van der Waals surface area contributed by atoms with Crippen molar-refractivity contribution in [2.45, 2.75) is 170 Å². The Morgan fingerprint density at radius 3 is 1.61 bits per heavy atom. The van der Waals surface area contributed by atoms with E-state index in [-0.39, 0.29) is 30.2 Å². The minimum absolute atomic E-state index is 0.0184. The second-order valence-corrected chi connectivity index (χ2v) is 12.5. The number of carbonyl (C=O) groups excluding carboxylic acids is 1. The van der Waals surface area contributed by atoms with Gasteiger partial charge in [0.15, 0.2) is 17.3 Å². The van der Waals surface area contributed by atoms with Crippen molar-refractivity contribution in [2.24, 2.45) is 0 Å². The Kier molecular flexibility index (Phi) is 18.6. The van der Waals surface area contributed by atoms with Crippen molar-refractivity contribution in [1.29, 1.82) is 0 Å². The third kappa shape index (κ3) is 12.3. The highest BCUT2D eigenvalue weighted by atomic mass is 16.5. The fourth-order valence-corrected chi connectivity index (χ4v) is 5.74. The fraction of sp³-hybridized carbons (Fsp3) is 0.634. The molecule has 0 amide bonds. The summed E-state index contributed by atoms with van der Waals surface area (Å²) in [5.74, 6) is 2.43. The van der Waals surface area contributed by atoms with Gasteiger partial charge in [-0.05, 0) is 93.7 Å². The minimum atomic E-state index is -0.141. The molecule has 2 aromatic carbocycles. The van der Waals surface area contributed by atoms with Gasteiger partial charge in [-0.25, -0.2) is 0 Å². The Balaban J connectivity index is 2.70. The minimum Gasteiger partial charge on any atom is -0.490 e. The number of rotatable bonds is 24. The third-order valence-electron chi connectivity index (χ3n) is 8.63. The zero-order valence-corrected chi connectivity index (χ0v) is 30.6. The van der Waals surface area contributed by atoms with Gasteiger partial charge in [-0.2, -0.15) is 0 Å². The van der Waals surface area contributed by atoms with Gasteiger partial charge in [0.2, 0.25) is 0 Å². The molecule has 5 heteroatoms. The molecule has 0 bridgehead atoms. The molecule has 0 spiro atoms. The second-order valence-electron chi connectivity index (χ2n) is 12.5. The highest BCUT2D eigenvalue weighted by Crippen LogP contribution is 2.40. The molecule has 0 aliphatic heterocycles. The van der Waals surface area contributed by atoms with Gasteiger partial charge in [0.05, 0.1) is 30.0 Å². The molecule has 0 N–H and O–H groups in total. The summed E-state index contributed by atoms with van der Waals surface area (Å²) in [5.41, 5.74) is 2.59. The Labute approximate surface area is 281 Å².